The highest BCUT2D eigenvalue weighted by Crippen LogP contribution is 2.21. The van der Waals surface area contributed by atoms with Gasteiger partial charge in [0, 0.05) is 25.1 Å². The molecule has 0 unspecified atom stereocenters. The number of rotatable bonds is 3. The van der Waals surface area contributed by atoms with Crippen LogP contribution in [0.5, 0.6) is 0 Å². The highest BCUT2D eigenvalue weighted by atomic mass is 16.4. The third-order valence-corrected chi connectivity index (χ3v) is 3.00. The molecule has 1 saturated heterocycles. The summed E-state index contributed by atoms with van der Waals surface area (Å²) in [4.78, 5) is 21.6. The fourth-order valence-electron chi connectivity index (χ4n) is 2.04. The fourth-order valence-corrected chi connectivity index (χ4v) is 2.04. The molecule has 6 heteroatoms. The summed E-state index contributed by atoms with van der Waals surface area (Å²) in [5, 5.41) is 3.07. The number of furan rings is 1. The number of nitrogens with one attached hydrogen (secondary N) is 1. The zero-order valence-corrected chi connectivity index (χ0v) is 10.6. The van der Waals surface area contributed by atoms with Gasteiger partial charge in [0.15, 0.2) is 11.7 Å². The predicted octanol–water partition coefficient (Wildman–Crippen LogP) is 1.90. The molecule has 0 saturated carbocycles. The number of ketones is 1. The normalized spacial score (nSPS) is 15.0. The van der Waals surface area contributed by atoms with Crippen molar-refractivity contribution < 1.29 is 9.21 Å². The maximum atomic E-state index is 11.3. The van der Waals surface area contributed by atoms with Gasteiger partial charge >= 0.3 is 0 Å². The first-order chi connectivity index (χ1) is 9.20. The van der Waals surface area contributed by atoms with Crippen LogP contribution in [-0.2, 0) is 4.79 Å². The second-order valence-electron chi connectivity index (χ2n) is 4.51. The highest BCUT2D eigenvalue weighted by Gasteiger charge is 2.20. The summed E-state index contributed by atoms with van der Waals surface area (Å²) in [6, 6.07) is 5.54. The zero-order valence-electron chi connectivity index (χ0n) is 10.6. The molecule has 0 aromatic carbocycles. The molecule has 1 aliphatic rings. The van der Waals surface area contributed by atoms with Gasteiger partial charge < -0.3 is 14.6 Å². The van der Waals surface area contributed by atoms with Gasteiger partial charge in [-0.05, 0) is 13.0 Å². The van der Waals surface area contributed by atoms with E-state index in [1.54, 1.807) is 0 Å². The summed E-state index contributed by atoms with van der Waals surface area (Å²) in [5.74, 6) is 3.13. The predicted molar refractivity (Wildman–Crippen MR) is 70.6 cm³/mol. The number of aromatic nitrogens is 2. The van der Waals surface area contributed by atoms with Crippen LogP contribution >= 0.6 is 0 Å². The average Bonchev–Trinajstić information content (AvgIpc) is 2.99. The Morgan fingerprint density at radius 2 is 2.26 bits per heavy atom. The lowest BCUT2D eigenvalue weighted by molar-refractivity contribution is -0.116. The summed E-state index contributed by atoms with van der Waals surface area (Å²) < 4.78 is 5.43. The topological polar surface area (TPSA) is 71.3 Å². The lowest BCUT2D eigenvalue weighted by Gasteiger charge is -2.15. The lowest BCUT2D eigenvalue weighted by atomic mass is 10.4. The molecule has 0 spiro atoms. The molecule has 0 atom stereocenters. The van der Waals surface area contributed by atoms with E-state index in [-0.39, 0.29) is 5.78 Å². The molecule has 0 bridgehead atoms. The van der Waals surface area contributed by atoms with Crippen molar-refractivity contribution in [3.8, 4) is 0 Å². The molecule has 2 aromatic rings. The lowest BCUT2D eigenvalue weighted by Crippen LogP contribution is -2.20. The third-order valence-electron chi connectivity index (χ3n) is 3.00. The van der Waals surface area contributed by atoms with E-state index in [1.807, 2.05) is 30.0 Å². The number of carbonyl (C=O) groups is 1. The van der Waals surface area contributed by atoms with Gasteiger partial charge in [-0.25, -0.2) is 9.97 Å². The smallest absolute Gasteiger partial charge is 0.198 e. The molecule has 1 fully saturated rings. The average molecular weight is 258 g/mol. The van der Waals surface area contributed by atoms with Crippen molar-refractivity contribution in [3.05, 3.63) is 30.3 Å². The van der Waals surface area contributed by atoms with Crippen LogP contribution in [0.25, 0.3) is 0 Å². The first-order valence-electron chi connectivity index (χ1n) is 6.13. The molecule has 3 heterocycles. The Kier molecular flexibility index (Phi) is 2.91. The molecule has 2 aromatic heterocycles. The van der Waals surface area contributed by atoms with E-state index in [1.165, 1.54) is 6.33 Å². The van der Waals surface area contributed by atoms with E-state index in [0.29, 0.717) is 24.7 Å². The van der Waals surface area contributed by atoms with Gasteiger partial charge in [0.1, 0.15) is 23.7 Å². The number of hydrogen-bond donors (Lipinski definition) is 1. The van der Waals surface area contributed by atoms with E-state index in [4.69, 9.17) is 4.42 Å². The number of Topliss-reactive ketones (excluding diaryl/α,β-unsaturated/α-hetero) is 1. The van der Waals surface area contributed by atoms with Crippen molar-refractivity contribution in [1.82, 2.24) is 9.97 Å². The monoisotopic (exact) mass is 258 g/mol. The molecule has 3 rings (SSSR count). The second-order valence-corrected chi connectivity index (χ2v) is 4.51. The summed E-state index contributed by atoms with van der Waals surface area (Å²) in [6.07, 6.45) is 2.07. The Morgan fingerprint density at radius 3 is 2.95 bits per heavy atom. The Balaban J connectivity index is 1.78. The Bertz CT molecular complexity index is 608. The highest BCUT2D eigenvalue weighted by molar-refractivity contribution is 5.86. The van der Waals surface area contributed by atoms with Gasteiger partial charge in [-0.2, -0.15) is 0 Å². The third kappa shape index (κ3) is 2.57. The summed E-state index contributed by atoms with van der Waals surface area (Å²) in [6.45, 7) is 3.03. The number of carbonyl (C=O) groups excluding carboxylic acids is 1. The summed E-state index contributed by atoms with van der Waals surface area (Å²) in [7, 11) is 0. The van der Waals surface area contributed by atoms with E-state index < -0.39 is 0 Å². The van der Waals surface area contributed by atoms with Crippen LogP contribution < -0.4 is 10.2 Å². The van der Waals surface area contributed by atoms with Gasteiger partial charge in [-0.15, -0.1) is 0 Å². The molecule has 1 aliphatic heterocycles. The van der Waals surface area contributed by atoms with E-state index in [9.17, 15) is 4.79 Å². The van der Waals surface area contributed by atoms with Gasteiger partial charge in [0.2, 0.25) is 0 Å². The van der Waals surface area contributed by atoms with Crippen molar-refractivity contribution >= 4 is 23.3 Å². The van der Waals surface area contributed by atoms with E-state index in [2.05, 4.69) is 15.3 Å². The van der Waals surface area contributed by atoms with Crippen LogP contribution in [-0.4, -0.2) is 28.8 Å². The van der Waals surface area contributed by atoms with Crippen LogP contribution in [0.15, 0.2) is 28.9 Å². The molecule has 0 amide bonds. The van der Waals surface area contributed by atoms with Crippen molar-refractivity contribution in [2.75, 3.05) is 23.3 Å². The van der Waals surface area contributed by atoms with Gasteiger partial charge in [0.05, 0.1) is 6.54 Å². The van der Waals surface area contributed by atoms with Crippen LogP contribution in [0.2, 0.25) is 0 Å². The molecule has 6 nitrogen and oxygen atoms in total. The molecular weight excluding hydrogens is 244 g/mol. The first kappa shape index (κ1) is 11.7. The molecule has 0 radical (unpaired) electrons. The minimum atomic E-state index is 0.245. The van der Waals surface area contributed by atoms with Crippen LogP contribution in [0, 0.1) is 6.92 Å². The quantitative estimate of drug-likeness (QED) is 0.906. The zero-order chi connectivity index (χ0) is 13.2. The molecule has 0 aliphatic carbocycles. The number of nitrogens with zero attached hydrogens (tertiary/aromatic N) is 3. The van der Waals surface area contributed by atoms with Gasteiger partial charge in [0.25, 0.3) is 0 Å². The number of anilines is 3. The summed E-state index contributed by atoms with van der Waals surface area (Å²) >= 11 is 0. The maximum absolute atomic E-state index is 11.3. The summed E-state index contributed by atoms with van der Waals surface area (Å²) in [5.41, 5.74) is 0. The second kappa shape index (κ2) is 4.72. The van der Waals surface area contributed by atoms with E-state index in [0.717, 1.165) is 18.1 Å². The molecular formula is C13H14N4O2. The van der Waals surface area contributed by atoms with Crippen molar-refractivity contribution in [2.45, 2.75) is 13.3 Å². The van der Waals surface area contributed by atoms with Crippen molar-refractivity contribution in [3.63, 3.8) is 0 Å². The van der Waals surface area contributed by atoms with Gasteiger partial charge in [-0.3, -0.25) is 4.79 Å². The fraction of sp³-hybridized carbons (Fsp3) is 0.308. The SMILES string of the molecule is Cc1ccc(Nc2cc(N3CCC(=O)C3)ncn2)o1. The van der Waals surface area contributed by atoms with Crippen LogP contribution in [0.1, 0.15) is 12.2 Å². The number of aryl methyl sites for hydroxylation is 1. The van der Waals surface area contributed by atoms with Crippen LogP contribution in [0.3, 0.4) is 0 Å². The van der Waals surface area contributed by atoms with Crippen LogP contribution in [0.4, 0.5) is 17.5 Å². The Labute approximate surface area is 110 Å². The van der Waals surface area contributed by atoms with Crippen molar-refractivity contribution in [2.24, 2.45) is 0 Å². The largest absolute Gasteiger partial charge is 0.446 e. The molecule has 19 heavy (non-hydrogen) atoms. The maximum Gasteiger partial charge on any atom is 0.198 e. The van der Waals surface area contributed by atoms with E-state index >= 15 is 0 Å². The number of hydrogen-bond acceptors (Lipinski definition) is 6. The Hall–Kier alpha value is -2.37. The molecule has 1 N–H and O–H groups in total. The van der Waals surface area contributed by atoms with Crippen molar-refractivity contribution in [1.29, 1.82) is 0 Å². The van der Waals surface area contributed by atoms with Gasteiger partial charge in [-0.1, -0.05) is 0 Å². The minimum Gasteiger partial charge on any atom is -0.446 e. The minimum absolute atomic E-state index is 0.245. The Morgan fingerprint density at radius 1 is 1.37 bits per heavy atom. The molecule has 98 valence electrons. The first-order valence-corrected chi connectivity index (χ1v) is 6.13. The standard InChI is InChI=1S/C13H14N4O2/c1-9-2-3-13(19-9)16-11-6-12(15-8-14-11)17-5-4-10(18)7-17/h2-3,6,8H,4-5,7H2,1H3,(H,14,15,16).